The molecule has 2 amide bonds. The fourth-order valence-electron chi connectivity index (χ4n) is 1.54. The minimum atomic E-state index is -0.121. The van der Waals surface area contributed by atoms with Crippen LogP contribution in [0.15, 0.2) is 0 Å². The molecule has 5 nitrogen and oxygen atoms in total. The molecule has 0 bridgehead atoms. The van der Waals surface area contributed by atoms with Crippen molar-refractivity contribution >= 4 is 6.03 Å². The Kier molecular flexibility index (Phi) is 4.34. The number of nitrogens with one attached hydrogen (secondary N) is 2. The summed E-state index contributed by atoms with van der Waals surface area (Å²) in [5.41, 5.74) is 3.15. The van der Waals surface area contributed by atoms with E-state index >= 15 is 0 Å². The van der Waals surface area contributed by atoms with Crippen molar-refractivity contribution in [2.45, 2.75) is 33.7 Å². The number of carbonyl (C=O) groups excluding carboxylic acids is 1. The molecule has 1 aromatic rings. The van der Waals surface area contributed by atoms with E-state index in [1.165, 1.54) is 0 Å². The van der Waals surface area contributed by atoms with Gasteiger partial charge in [-0.15, -0.1) is 0 Å². The van der Waals surface area contributed by atoms with Gasteiger partial charge in [-0.25, -0.2) is 4.79 Å². The van der Waals surface area contributed by atoms with Gasteiger partial charge in [0.1, 0.15) is 0 Å². The van der Waals surface area contributed by atoms with E-state index in [2.05, 4.69) is 15.7 Å². The molecule has 90 valence electrons. The van der Waals surface area contributed by atoms with Crippen LogP contribution >= 0.6 is 0 Å². The normalized spacial score (nSPS) is 10.2. The summed E-state index contributed by atoms with van der Waals surface area (Å²) in [4.78, 5) is 11.4. The average molecular weight is 224 g/mol. The summed E-state index contributed by atoms with van der Waals surface area (Å²) in [6, 6.07) is -0.121. The van der Waals surface area contributed by atoms with Crippen LogP contribution in [0.3, 0.4) is 0 Å². The summed E-state index contributed by atoms with van der Waals surface area (Å²) in [7, 11) is 1.91. The number of carbonyl (C=O) groups is 1. The Balaban J connectivity index is 2.51. The molecule has 0 fully saturated rings. The van der Waals surface area contributed by atoms with Crippen molar-refractivity contribution in [2.75, 3.05) is 6.54 Å². The summed E-state index contributed by atoms with van der Waals surface area (Å²) < 4.78 is 1.83. The van der Waals surface area contributed by atoms with Gasteiger partial charge < -0.3 is 10.6 Å². The second-order valence-electron chi connectivity index (χ2n) is 3.88. The highest BCUT2D eigenvalue weighted by atomic mass is 16.2. The first-order valence-corrected chi connectivity index (χ1v) is 5.57. The van der Waals surface area contributed by atoms with Crippen LogP contribution in [0.2, 0.25) is 0 Å². The largest absolute Gasteiger partial charge is 0.338 e. The number of amides is 2. The van der Waals surface area contributed by atoms with Crippen molar-refractivity contribution in [1.29, 1.82) is 0 Å². The average Bonchev–Trinajstić information content (AvgIpc) is 2.48. The summed E-state index contributed by atoms with van der Waals surface area (Å²) in [5, 5.41) is 9.89. The molecule has 0 saturated heterocycles. The maximum atomic E-state index is 11.4. The second kappa shape index (κ2) is 5.53. The standard InChI is InChI=1S/C11H20N4O/c1-5-6-12-11(16)13-7-10-8(2)14-15(4)9(10)3/h5-7H2,1-4H3,(H2,12,13,16). The van der Waals surface area contributed by atoms with Gasteiger partial charge in [-0.05, 0) is 20.3 Å². The van der Waals surface area contributed by atoms with Crippen LogP contribution in [0, 0.1) is 13.8 Å². The molecule has 1 heterocycles. The Morgan fingerprint density at radius 1 is 1.38 bits per heavy atom. The zero-order valence-corrected chi connectivity index (χ0v) is 10.4. The molecule has 0 saturated carbocycles. The highest BCUT2D eigenvalue weighted by Crippen LogP contribution is 2.10. The van der Waals surface area contributed by atoms with E-state index < -0.39 is 0 Å². The second-order valence-corrected chi connectivity index (χ2v) is 3.88. The Bertz CT molecular complexity index is 370. The van der Waals surface area contributed by atoms with Gasteiger partial charge in [0.15, 0.2) is 0 Å². The lowest BCUT2D eigenvalue weighted by atomic mass is 10.2. The first-order valence-electron chi connectivity index (χ1n) is 5.57. The number of nitrogens with zero attached hydrogens (tertiary/aromatic N) is 2. The van der Waals surface area contributed by atoms with Gasteiger partial charge in [0.05, 0.1) is 5.69 Å². The van der Waals surface area contributed by atoms with Gasteiger partial charge in [-0.3, -0.25) is 4.68 Å². The van der Waals surface area contributed by atoms with Gasteiger partial charge in [-0.1, -0.05) is 6.92 Å². The zero-order chi connectivity index (χ0) is 12.1. The van der Waals surface area contributed by atoms with Crippen LogP contribution in [-0.2, 0) is 13.6 Å². The first kappa shape index (κ1) is 12.5. The van der Waals surface area contributed by atoms with E-state index in [0.29, 0.717) is 13.1 Å². The summed E-state index contributed by atoms with van der Waals surface area (Å²) in [5.74, 6) is 0. The highest BCUT2D eigenvalue weighted by molar-refractivity contribution is 5.73. The minimum Gasteiger partial charge on any atom is -0.338 e. The van der Waals surface area contributed by atoms with E-state index in [9.17, 15) is 4.79 Å². The monoisotopic (exact) mass is 224 g/mol. The smallest absolute Gasteiger partial charge is 0.315 e. The zero-order valence-electron chi connectivity index (χ0n) is 10.4. The van der Waals surface area contributed by atoms with E-state index in [1.807, 2.05) is 32.5 Å². The van der Waals surface area contributed by atoms with Crippen molar-refractivity contribution in [3.63, 3.8) is 0 Å². The van der Waals surface area contributed by atoms with Gasteiger partial charge in [0.25, 0.3) is 0 Å². The molecule has 0 radical (unpaired) electrons. The van der Waals surface area contributed by atoms with E-state index in [1.54, 1.807) is 0 Å². The van der Waals surface area contributed by atoms with Crippen LogP contribution in [0.5, 0.6) is 0 Å². The molecule has 0 unspecified atom stereocenters. The topological polar surface area (TPSA) is 59.0 Å². The molecule has 5 heteroatoms. The third-order valence-corrected chi connectivity index (χ3v) is 2.62. The van der Waals surface area contributed by atoms with Gasteiger partial charge >= 0.3 is 6.03 Å². The van der Waals surface area contributed by atoms with Crippen molar-refractivity contribution in [3.05, 3.63) is 17.0 Å². The van der Waals surface area contributed by atoms with Crippen LogP contribution in [-0.4, -0.2) is 22.4 Å². The summed E-state index contributed by atoms with van der Waals surface area (Å²) >= 11 is 0. The molecule has 1 aromatic heterocycles. The lowest BCUT2D eigenvalue weighted by molar-refractivity contribution is 0.240. The molecule has 16 heavy (non-hydrogen) atoms. The molecular formula is C11H20N4O. The molecule has 0 aliphatic carbocycles. The van der Waals surface area contributed by atoms with Crippen molar-refractivity contribution in [3.8, 4) is 0 Å². The van der Waals surface area contributed by atoms with Gasteiger partial charge in [-0.2, -0.15) is 5.10 Å². The summed E-state index contributed by atoms with van der Waals surface area (Å²) in [6.07, 6.45) is 0.943. The fraction of sp³-hybridized carbons (Fsp3) is 0.636. The van der Waals surface area contributed by atoms with Crippen LogP contribution in [0.4, 0.5) is 4.79 Å². The molecule has 0 aliphatic rings. The fourth-order valence-corrected chi connectivity index (χ4v) is 1.54. The van der Waals surface area contributed by atoms with Crippen molar-refractivity contribution in [2.24, 2.45) is 7.05 Å². The van der Waals surface area contributed by atoms with Crippen LogP contribution in [0.25, 0.3) is 0 Å². The Hall–Kier alpha value is -1.52. The third kappa shape index (κ3) is 2.98. The van der Waals surface area contributed by atoms with E-state index in [-0.39, 0.29) is 6.03 Å². The van der Waals surface area contributed by atoms with Gasteiger partial charge in [0.2, 0.25) is 0 Å². The predicted octanol–water partition coefficient (Wildman–Crippen LogP) is 1.25. The molecule has 2 N–H and O–H groups in total. The SMILES string of the molecule is CCCNC(=O)NCc1c(C)nn(C)c1C. The maximum absolute atomic E-state index is 11.4. The van der Waals surface area contributed by atoms with Crippen molar-refractivity contribution < 1.29 is 4.79 Å². The Labute approximate surface area is 96.2 Å². The maximum Gasteiger partial charge on any atom is 0.315 e. The molecule has 0 atom stereocenters. The Morgan fingerprint density at radius 3 is 2.56 bits per heavy atom. The number of aromatic nitrogens is 2. The minimum absolute atomic E-state index is 0.121. The van der Waals surface area contributed by atoms with Crippen molar-refractivity contribution in [1.82, 2.24) is 20.4 Å². The number of hydrogen-bond acceptors (Lipinski definition) is 2. The predicted molar refractivity (Wildman–Crippen MR) is 63.2 cm³/mol. The van der Waals surface area contributed by atoms with Crippen LogP contribution in [0.1, 0.15) is 30.3 Å². The number of urea groups is 1. The number of hydrogen-bond donors (Lipinski definition) is 2. The number of aryl methyl sites for hydroxylation is 2. The lowest BCUT2D eigenvalue weighted by Gasteiger charge is -2.06. The molecule has 0 aromatic carbocycles. The summed E-state index contributed by atoms with van der Waals surface area (Å²) in [6.45, 7) is 7.21. The molecular weight excluding hydrogens is 204 g/mol. The van der Waals surface area contributed by atoms with E-state index in [4.69, 9.17) is 0 Å². The first-order chi connectivity index (χ1) is 7.56. The quantitative estimate of drug-likeness (QED) is 0.808. The van der Waals surface area contributed by atoms with Crippen LogP contribution < -0.4 is 10.6 Å². The Morgan fingerprint density at radius 2 is 2.06 bits per heavy atom. The highest BCUT2D eigenvalue weighted by Gasteiger charge is 2.09. The molecule has 1 rings (SSSR count). The van der Waals surface area contributed by atoms with E-state index in [0.717, 1.165) is 23.4 Å². The third-order valence-electron chi connectivity index (χ3n) is 2.62. The molecule has 0 aliphatic heterocycles. The molecule has 0 spiro atoms. The van der Waals surface area contributed by atoms with Gasteiger partial charge in [0, 0.05) is 31.4 Å². The number of rotatable bonds is 4. The lowest BCUT2D eigenvalue weighted by Crippen LogP contribution is -2.35.